The number of rotatable bonds is 4. The molecule has 0 heterocycles. The van der Waals surface area contributed by atoms with E-state index in [2.05, 4.69) is 50.4 Å². The van der Waals surface area contributed by atoms with Gasteiger partial charge in [0.2, 0.25) is 0 Å². The van der Waals surface area contributed by atoms with Gasteiger partial charge >= 0.3 is 0 Å². The summed E-state index contributed by atoms with van der Waals surface area (Å²) in [7, 11) is 1.98. The van der Waals surface area contributed by atoms with E-state index in [0.29, 0.717) is 0 Å². The molecule has 1 aromatic carbocycles. The predicted octanol–water partition coefficient (Wildman–Crippen LogP) is 4.10. The summed E-state index contributed by atoms with van der Waals surface area (Å²) in [5.41, 5.74) is 5.41. The first kappa shape index (κ1) is 11.8. The van der Waals surface area contributed by atoms with Gasteiger partial charge in [-0.2, -0.15) is 0 Å². The van der Waals surface area contributed by atoms with E-state index in [0.717, 1.165) is 12.8 Å². The fourth-order valence-corrected chi connectivity index (χ4v) is 1.66. The van der Waals surface area contributed by atoms with Gasteiger partial charge in [0.25, 0.3) is 0 Å². The molecule has 0 saturated heterocycles. The summed E-state index contributed by atoms with van der Waals surface area (Å²) >= 11 is 0. The van der Waals surface area contributed by atoms with E-state index in [-0.39, 0.29) is 0 Å². The first-order valence-electron chi connectivity index (χ1n) is 5.69. The Bertz CT molecular complexity index is 328. The van der Waals surface area contributed by atoms with E-state index < -0.39 is 0 Å². The van der Waals surface area contributed by atoms with Crippen LogP contribution < -0.4 is 5.32 Å². The van der Waals surface area contributed by atoms with E-state index in [1.807, 2.05) is 7.05 Å². The Balaban J connectivity index is 3.22. The maximum Gasteiger partial charge on any atom is 0.0413 e. The van der Waals surface area contributed by atoms with Crippen LogP contribution >= 0.6 is 0 Å². The fraction of sp³-hybridized carbons (Fsp3) is 0.429. The minimum atomic E-state index is 1.08. The summed E-state index contributed by atoms with van der Waals surface area (Å²) in [6, 6.07) is 6.45. The largest absolute Gasteiger partial charge is 0.388 e. The van der Waals surface area contributed by atoms with Crippen molar-refractivity contribution >= 4 is 11.8 Å². The minimum absolute atomic E-state index is 1.08. The van der Waals surface area contributed by atoms with E-state index in [4.69, 9.17) is 0 Å². The molecule has 0 aliphatic rings. The normalized spacial score (nSPS) is 11.6. The van der Waals surface area contributed by atoms with Crippen molar-refractivity contribution in [2.24, 2.45) is 0 Å². The molecule has 0 amide bonds. The Morgan fingerprint density at radius 2 is 2.07 bits per heavy atom. The second-order valence-corrected chi connectivity index (χ2v) is 3.83. The van der Waals surface area contributed by atoms with Crippen molar-refractivity contribution in [3.05, 3.63) is 34.9 Å². The van der Waals surface area contributed by atoms with Gasteiger partial charge in [-0.25, -0.2) is 0 Å². The van der Waals surface area contributed by atoms with Crippen LogP contribution in [0.5, 0.6) is 0 Å². The highest BCUT2D eigenvalue weighted by Gasteiger charge is 2.03. The zero-order chi connectivity index (χ0) is 11.3. The summed E-state index contributed by atoms with van der Waals surface area (Å²) < 4.78 is 0. The molecular formula is C14H21N. The van der Waals surface area contributed by atoms with Gasteiger partial charge in [-0.15, -0.1) is 0 Å². The quantitative estimate of drug-likeness (QED) is 0.776. The third-order valence-corrected chi connectivity index (χ3v) is 2.80. The van der Waals surface area contributed by atoms with E-state index in [1.165, 1.54) is 22.4 Å². The molecule has 0 aliphatic carbocycles. The molecule has 0 bridgehead atoms. The molecule has 1 nitrogen and oxygen atoms in total. The van der Waals surface area contributed by atoms with E-state index >= 15 is 0 Å². The zero-order valence-corrected chi connectivity index (χ0v) is 10.2. The Morgan fingerprint density at radius 1 is 1.33 bits per heavy atom. The maximum absolute atomic E-state index is 3.26. The van der Waals surface area contributed by atoms with Gasteiger partial charge in [0.1, 0.15) is 0 Å². The Kier molecular flexibility index (Phi) is 4.41. The smallest absolute Gasteiger partial charge is 0.0413 e. The number of aryl methyl sites for hydroxylation is 1. The van der Waals surface area contributed by atoms with Crippen molar-refractivity contribution in [3.63, 3.8) is 0 Å². The van der Waals surface area contributed by atoms with Gasteiger partial charge in [-0.3, -0.25) is 0 Å². The molecule has 1 N–H and O–H groups in total. The molecule has 0 fully saturated rings. The number of anilines is 1. The summed E-state index contributed by atoms with van der Waals surface area (Å²) in [6.07, 6.45) is 4.49. The SMILES string of the molecule is CCC(C)=Cc1c(CC)cccc1NC. The highest BCUT2D eigenvalue weighted by atomic mass is 14.8. The van der Waals surface area contributed by atoms with Crippen LogP contribution in [-0.2, 0) is 6.42 Å². The highest BCUT2D eigenvalue weighted by Crippen LogP contribution is 2.23. The Labute approximate surface area is 93.2 Å². The highest BCUT2D eigenvalue weighted by molar-refractivity contribution is 5.70. The van der Waals surface area contributed by atoms with E-state index in [9.17, 15) is 0 Å². The van der Waals surface area contributed by atoms with Crippen LogP contribution in [0.4, 0.5) is 5.69 Å². The number of hydrogen-bond donors (Lipinski definition) is 1. The van der Waals surface area contributed by atoms with Crippen molar-refractivity contribution in [3.8, 4) is 0 Å². The molecule has 0 spiro atoms. The summed E-state index contributed by atoms with van der Waals surface area (Å²) in [6.45, 7) is 6.58. The number of allylic oxidation sites excluding steroid dienone is 1. The van der Waals surface area contributed by atoms with Gasteiger partial charge in [0, 0.05) is 18.3 Å². The second kappa shape index (κ2) is 5.59. The molecule has 0 aliphatic heterocycles. The fourth-order valence-electron chi connectivity index (χ4n) is 1.66. The second-order valence-electron chi connectivity index (χ2n) is 3.83. The summed E-state index contributed by atoms with van der Waals surface area (Å²) in [5.74, 6) is 0. The van der Waals surface area contributed by atoms with Gasteiger partial charge in [-0.05, 0) is 31.4 Å². The van der Waals surface area contributed by atoms with Crippen LogP contribution in [0.25, 0.3) is 6.08 Å². The van der Waals surface area contributed by atoms with Crippen LogP contribution in [0.2, 0.25) is 0 Å². The predicted molar refractivity (Wildman–Crippen MR) is 69.3 cm³/mol. The average Bonchev–Trinajstić information content (AvgIpc) is 2.29. The van der Waals surface area contributed by atoms with Crippen molar-refractivity contribution in [1.29, 1.82) is 0 Å². The minimum Gasteiger partial charge on any atom is -0.388 e. The average molecular weight is 203 g/mol. The molecule has 0 radical (unpaired) electrons. The number of hydrogen-bond acceptors (Lipinski definition) is 1. The van der Waals surface area contributed by atoms with Crippen LogP contribution in [0.15, 0.2) is 23.8 Å². The van der Waals surface area contributed by atoms with Crippen LogP contribution in [0, 0.1) is 0 Å². The molecule has 1 heteroatoms. The standard InChI is InChI=1S/C14H21N/c1-5-11(3)10-13-12(6-2)8-7-9-14(13)15-4/h7-10,15H,5-6H2,1-4H3. The first-order valence-corrected chi connectivity index (χ1v) is 5.69. The monoisotopic (exact) mass is 203 g/mol. The molecule has 1 rings (SSSR count). The summed E-state index contributed by atoms with van der Waals surface area (Å²) in [4.78, 5) is 0. The molecular weight excluding hydrogens is 182 g/mol. The molecule has 1 aromatic rings. The molecule has 0 atom stereocenters. The van der Waals surface area contributed by atoms with Crippen LogP contribution in [-0.4, -0.2) is 7.05 Å². The first-order chi connectivity index (χ1) is 7.22. The van der Waals surface area contributed by atoms with Crippen LogP contribution in [0.3, 0.4) is 0 Å². The van der Waals surface area contributed by atoms with Crippen molar-refractivity contribution in [1.82, 2.24) is 0 Å². The van der Waals surface area contributed by atoms with Crippen molar-refractivity contribution in [2.75, 3.05) is 12.4 Å². The lowest BCUT2D eigenvalue weighted by Crippen LogP contribution is -1.96. The lowest BCUT2D eigenvalue weighted by Gasteiger charge is -2.11. The van der Waals surface area contributed by atoms with Gasteiger partial charge < -0.3 is 5.32 Å². The lowest BCUT2D eigenvalue weighted by molar-refractivity contribution is 1.10. The molecule has 82 valence electrons. The van der Waals surface area contributed by atoms with Gasteiger partial charge in [0.15, 0.2) is 0 Å². The topological polar surface area (TPSA) is 12.0 Å². The van der Waals surface area contributed by atoms with Gasteiger partial charge in [0.05, 0.1) is 0 Å². The third kappa shape index (κ3) is 2.85. The van der Waals surface area contributed by atoms with Crippen LogP contribution in [0.1, 0.15) is 38.3 Å². The molecule has 0 unspecified atom stereocenters. The summed E-state index contributed by atoms with van der Waals surface area (Å²) in [5, 5.41) is 3.26. The van der Waals surface area contributed by atoms with Crippen molar-refractivity contribution in [2.45, 2.75) is 33.6 Å². The number of nitrogens with one attached hydrogen (secondary N) is 1. The maximum atomic E-state index is 3.26. The molecule has 0 aromatic heterocycles. The lowest BCUT2D eigenvalue weighted by atomic mass is 10.0. The molecule has 0 saturated carbocycles. The molecule has 15 heavy (non-hydrogen) atoms. The van der Waals surface area contributed by atoms with Crippen molar-refractivity contribution < 1.29 is 0 Å². The Morgan fingerprint density at radius 3 is 2.60 bits per heavy atom. The number of benzene rings is 1. The van der Waals surface area contributed by atoms with E-state index in [1.54, 1.807) is 0 Å². The Hall–Kier alpha value is -1.24. The zero-order valence-electron chi connectivity index (χ0n) is 10.2. The van der Waals surface area contributed by atoms with Gasteiger partial charge in [-0.1, -0.05) is 37.6 Å². The third-order valence-electron chi connectivity index (χ3n) is 2.80.